The number of rotatable bonds is 3. The van der Waals surface area contributed by atoms with Crippen molar-refractivity contribution in [1.29, 1.82) is 0 Å². The van der Waals surface area contributed by atoms with E-state index < -0.39 is 0 Å². The predicted molar refractivity (Wildman–Crippen MR) is 107 cm³/mol. The molecule has 0 bridgehead atoms. The van der Waals surface area contributed by atoms with E-state index in [4.69, 9.17) is 0 Å². The van der Waals surface area contributed by atoms with Crippen molar-refractivity contribution in [2.75, 3.05) is 13.1 Å². The highest BCUT2D eigenvalue weighted by molar-refractivity contribution is 5.93. The third-order valence-electron chi connectivity index (χ3n) is 6.75. The van der Waals surface area contributed by atoms with E-state index >= 15 is 0 Å². The van der Waals surface area contributed by atoms with Gasteiger partial charge >= 0.3 is 0 Å². The first-order valence-electron chi connectivity index (χ1n) is 10.1. The second kappa shape index (κ2) is 6.70. The second-order valence-electron chi connectivity index (χ2n) is 8.09. The zero-order chi connectivity index (χ0) is 18.4. The molecule has 2 aliphatic heterocycles. The van der Waals surface area contributed by atoms with Gasteiger partial charge in [-0.1, -0.05) is 31.6 Å². The summed E-state index contributed by atoms with van der Waals surface area (Å²) in [6, 6.07) is 6.97. The largest absolute Gasteiger partial charge is 0.357 e. The number of aromatic nitrogens is 1. The van der Waals surface area contributed by atoms with Crippen LogP contribution in [0.5, 0.6) is 0 Å². The lowest BCUT2D eigenvalue weighted by atomic mass is 9.73. The molecule has 4 rings (SSSR count). The lowest BCUT2D eigenvalue weighted by Gasteiger charge is -2.46. The van der Waals surface area contributed by atoms with Gasteiger partial charge in [-0.3, -0.25) is 9.69 Å². The number of allylic oxidation sites excluding steroid dienone is 2. The van der Waals surface area contributed by atoms with Crippen LogP contribution < -0.4 is 0 Å². The Bertz CT molecular complexity index is 876. The van der Waals surface area contributed by atoms with E-state index in [2.05, 4.69) is 48.0 Å². The highest BCUT2D eigenvalue weighted by Gasteiger charge is 2.41. The predicted octanol–water partition coefficient (Wildman–Crippen LogP) is 4.96. The monoisotopic (exact) mass is 350 g/mol. The topological polar surface area (TPSA) is 36.1 Å². The fourth-order valence-electron chi connectivity index (χ4n) is 5.49. The number of piperidine rings is 1. The molecule has 0 aliphatic carbocycles. The number of nitrogens with one attached hydrogen (secondary N) is 1. The summed E-state index contributed by atoms with van der Waals surface area (Å²) >= 11 is 0. The Balaban J connectivity index is 1.77. The standard InChI is InChI=1S/C23H30N2O/c1-5-16-13-25-11-10-18-22-14(3)8-7-9-20(22)24-23(18)21(25)12-19(16)17(6-2)15(4)26/h6-9,16,19,21,24H,5,10-13H2,1-4H3/b17-6-/t16-,19+,21+/m1/s1. The number of nitrogens with zero attached hydrogens (tertiary/aromatic N) is 1. The zero-order valence-electron chi connectivity index (χ0n) is 16.4. The van der Waals surface area contributed by atoms with E-state index in [9.17, 15) is 4.79 Å². The van der Waals surface area contributed by atoms with Crippen molar-refractivity contribution in [2.45, 2.75) is 53.0 Å². The molecular weight excluding hydrogens is 320 g/mol. The molecule has 3 atom stereocenters. The minimum absolute atomic E-state index is 0.243. The maximum Gasteiger partial charge on any atom is 0.155 e. The van der Waals surface area contributed by atoms with Crippen molar-refractivity contribution >= 4 is 16.7 Å². The third-order valence-corrected chi connectivity index (χ3v) is 6.75. The summed E-state index contributed by atoms with van der Waals surface area (Å²) in [5.74, 6) is 1.20. The van der Waals surface area contributed by atoms with E-state index in [0.29, 0.717) is 17.9 Å². The van der Waals surface area contributed by atoms with Crippen molar-refractivity contribution < 1.29 is 4.79 Å². The molecule has 1 aromatic carbocycles. The molecule has 3 heteroatoms. The number of hydrogen-bond donors (Lipinski definition) is 1. The molecule has 0 amide bonds. The van der Waals surface area contributed by atoms with E-state index in [-0.39, 0.29) is 5.78 Å². The number of carbonyl (C=O) groups excluding carboxylic acids is 1. The van der Waals surface area contributed by atoms with Crippen LogP contribution in [-0.2, 0) is 11.2 Å². The van der Waals surface area contributed by atoms with E-state index in [0.717, 1.165) is 37.9 Å². The van der Waals surface area contributed by atoms with Gasteiger partial charge in [-0.15, -0.1) is 0 Å². The lowest BCUT2D eigenvalue weighted by molar-refractivity contribution is -0.114. The number of H-pyrrole nitrogens is 1. The average molecular weight is 351 g/mol. The third kappa shape index (κ3) is 2.64. The number of fused-ring (bicyclic) bond motifs is 5. The van der Waals surface area contributed by atoms with Crippen LogP contribution in [0.3, 0.4) is 0 Å². The molecular formula is C23H30N2O. The highest BCUT2D eigenvalue weighted by atomic mass is 16.1. The first-order chi connectivity index (χ1) is 12.5. The smallest absolute Gasteiger partial charge is 0.155 e. The van der Waals surface area contributed by atoms with Crippen LogP contribution in [-0.4, -0.2) is 28.8 Å². The SMILES string of the molecule is C/C=C(/C(C)=O)[C@H]1C[C@H]2c3[nH]c4cccc(C)c4c3CCN2C[C@H]1CC. The molecule has 0 radical (unpaired) electrons. The van der Waals surface area contributed by atoms with Gasteiger partial charge in [-0.2, -0.15) is 0 Å². The van der Waals surface area contributed by atoms with Gasteiger partial charge in [0.2, 0.25) is 0 Å². The minimum atomic E-state index is 0.243. The number of ketones is 1. The van der Waals surface area contributed by atoms with Gasteiger partial charge in [0.15, 0.2) is 5.78 Å². The summed E-state index contributed by atoms with van der Waals surface area (Å²) in [7, 11) is 0. The maximum absolute atomic E-state index is 12.2. The van der Waals surface area contributed by atoms with Crippen LogP contribution in [0, 0.1) is 18.8 Å². The molecule has 1 saturated heterocycles. The quantitative estimate of drug-likeness (QED) is 0.795. The minimum Gasteiger partial charge on any atom is -0.357 e. The van der Waals surface area contributed by atoms with Crippen LogP contribution in [0.1, 0.15) is 56.5 Å². The van der Waals surface area contributed by atoms with Crippen molar-refractivity contribution in [1.82, 2.24) is 9.88 Å². The molecule has 1 fully saturated rings. The van der Waals surface area contributed by atoms with Crippen molar-refractivity contribution in [2.24, 2.45) is 11.8 Å². The molecule has 2 aromatic rings. The Kier molecular flexibility index (Phi) is 4.52. The Hall–Kier alpha value is -1.87. The Morgan fingerprint density at radius 2 is 2.19 bits per heavy atom. The molecule has 3 nitrogen and oxygen atoms in total. The van der Waals surface area contributed by atoms with E-state index in [1.165, 1.54) is 27.7 Å². The van der Waals surface area contributed by atoms with Crippen LogP contribution in [0.25, 0.3) is 10.9 Å². The Morgan fingerprint density at radius 3 is 2.88 bits per heavy atom. The molecule has 0 saturated carbocycles. The first-order valence-corrected chi connectivity index (χ1v) is 10.1. The molecule has 3 heterocycles. The zero-order valence-corrected chi connectivity index (χ0v) is 16.4. The number of benzene rings is 1. The summed E-state index contributed by atoms with van der Waals surface area (Å²) in [6.45, 7) is 10.5. The van der Waals surface area contributed by atoms with Gasteiger partial charge in [-0.05, 0) is 68.2 Å². The number of carbonyl (C=O) groups is 1. The second-order valence-corrected chi connectivity index (χ2v) is 8.09. The fraction of sp³-hybridized carbons (Fsp3) is 0.522. The van der Waals surface area contributed by atoms with Crippen LogP contribution in [0.4, 0.5) is 0 Å². The van der Waals surface area contributed by atoms with Crippen LogP contribution >= 0.6 is 0 Å². The summed E-state index contributed by atoms with van der Waals surface area (Å²) < 4.78 is 0. The van der Waals surface area contributed by atoms with Crippen molar-refractivity contribution in [3.63, 3.8) is 0 Å². The van der Waals surface area contributed by atoms with Gasteiger partial charge in [0.05, 0.1) is 6.04 Å². The van der Waals surface area contributed by atoms with Gasteiger partial charge in [0.1, 0.15) is 0 Å². The fourth-order valence-corrected chi connectivity index (χ4v) is 5.49. The van der Waals surface area contributed by atoms with Crippen LogP contribution in [0.2, 0.25) is 0 Å². The van der Waals surface area contributed by atoms with Gasteiger partial charge < -0.3 is 4.98 Å². The van der Waals surface area contributed by atoms with Gasteiger partial charge in [-0.25, -0.2) is 0 Å². The summed E-state index contributed by atoms with van der Waals surface area (Å²) in [5, 5.41) is 1.43. The molecule has 1 aromatic heterocycles. The van der Waals surface area contributed by atoms with Gasteiger partial charge in [0, 0.05) is 29.7 Å². The average Bonchev–Trinajstić information content (AvgIpc) is 3.01. The summed E-state index contributed by atoms with van der Waals surface area (Å²) in [5.41, 5.74) is 6.59. The number of aryl methyl sites for hydroxylation is 1. The summed E-state index contributed by atoms with van der Waals surface area (Å²) in [6.07, 6.45) is 5.37. The van der Waals surface area contributed by atoms with E-state index in [1.807, 2.05) is 6.92 Å². The molecule has 1 N–H and O–H groups in total. The van der Waals surface area contributed by atoms with Gasteiger partial charge in [0.25, 0.3) is 0 Å². The molecule has 26 heavy (non-hydrogen) atoms. The lowest BCUT2D eigenvalue weighted by Crippen LogP contribution is -2.46. The molecule has 0 unspecified atom stereocenters. The Labute approximate surface area is 156 Å². The number of Topliss-reactive ketones (excluding diaryl/α,β-unsaturated/α-hetero) is 1. The normalized spacial score (nSPS) is 26.6. The van der Waals surface area contributed by atoms with Crippen LogP contribution in [0.15, 0.2) is 29.8 Å². The number of aromatic amines is 1. The molecule has 0 spiro atoms. The van der Waals surface area contributed by atoms with Crippen molar-refractivity contribution in [3.05, 3.63) is 46.7 Å². The Morgan fingerprint density at radius 1 is 1.38 bits per heavy atom. The maximum atomic E-state index is 12.2. The molecule has 2 aliphatic rings. The highest BCUT2D eigenvalue weighted by Crippen LogP contribution is 2.46. The first kappa shape index (κ1) is 17.5. The van der Waals surface area contributed by atoms with E-state index in [1.54, 1.807) is 6.92 Å². The van der Waals surface area contributed by atoms with Crippen molar-refractivity contribution in [3.8, 4) is 0 Å². The summed E-state index contributed by atoms with van der Waals surface area (Å²) in [4.78, 5) is 18.6. The number of hydrogen-bond acceptors (Lipinski definition) is 2. The molecule has 138 valence electrons.